The number of hydrogen-bond donors (Lipinski definition) is 0. The Kier molecular flexibility index (Phi) is 6.39. The first kappa shape index (κ1) is 20.0. The molecule has 28 heavy (non-hydrogen) atoms. The lowest BCUT2D eigenvalue weighted by Gasteiger charge is -2.12. The number of esters is 1. The van der Waals surface area contributed by atoms with Gasteiger partial charge >= 0.3 is 5.97 Å². The topological polar surface area (TPSA) is 72.2 Å². The van der Waals surface area contributed by atoms with Crippen LogP contribution >= 0.6 is 27.3 Å². The molecule has 3 aromatic rings. The van der Waals surface area contributed by atoms with Gasteiger partial charge in [0.2, 0.25) is 0 Å². The third-order valence-electron chi connectivity index (χ3n) is 3.60. The molecule has 3 rings (SSSR count). The van der Waals surface area contributed by atoms with Crippen LogP contribution in [0.25, 0.3) is 10.6 Å². The molecule has 0 aliphatic rings. The van der Waals surface area contributed by atoms with Gasteiger partial charge in [0.25, 0.3) is 0 Å². The number of carbonyl (C=O) groups excluding carboxylic acids is 1. The van der Waals surface area contributed by atoms with E-state index in [4.69, 9.17) is 14.7 Å². The second kappa shape index (κ2) is 8.95. The lowest BCUT2D eigenvalue weighted by molar-refractivity contribution is -0.133. The summed E-state index contributed by atoms with van der Waals surface area (Å²) < 4.78 is 24.7. The van der Waals surface area contributed by atoms with Crippen molar-refractivity contribution in [2.24, 2.45) is 0 Å². The van der Waals surface area contributed by atoms with E-state index in [1.165, 1.54) is 29.5 Å². The first-order chi connectivity index (χ1) is 13.5. The van der Waals surface area contributed by atoms with Crippen molar-refractivity contribution >= 4 is 33.2 Å². The highest BCUT2D eigenvalue weighted by Crippen LogP contribution is 2.37. The molecule has 0 amide bonds. The fraction of sp³-hybridized carbons (Fsp3) is 0.150. The molecule has 1 aromatic heterocycles. The molecule has 2 aromatic carbocycles. The van der Waals surface area contributed by atoms with E-state index in [9.17, 15) is 9.18 Å². The van der Waals surface area contributed by atoms with Gasteiger partial charge in [-0.15, -0.1) is 11.3 Å². The highest BCUT2D eigenvalue weighted by atomic mass is 79.9. The van der Waals surface area contributed by atoms with Gasteiger partial charge in [0.15, 0.2) is 11.5 Å². The molecule has 1 heterocycles. The summed E-state index contributed by atoms with van der Waals surface area (Å²) in [5.74, 6) is -0.350. The number of nitrogens with zero attached hydrogens (tertiary/aromatic N) is 2. The van der Waals surface area contributed by atoms with E-state index in [1.54, 1.807) is 30.5 Å². The predicted molar refractivity (Wildman–Crippen MR) is 107 cm³/mol. The number of rotatable bonds is 6. The van der Waals surface area contributed by atoms with Crippen molar-refractivity contribution in [3.8, 4) is 28.1 Å². The van der Waals surface area contributed by atoms with E-state index in [1.807, 2.05) is 6.07 Å². The molecule has 0 bridgehead atoms. The van der Waals surface area contributed by atoms with Gasteiger partial charge in [-0.2, -0.15) is 5.26 Å². The van der Waals surface area contributed by atoms with Gasteiger partial charge in [-0.25, -0.2) is 9.37 Å². The molecule has 0 radical (unpaired) electrons. The molecule has 0 unspecified atom stereocenters. The normalized spacial score (nSPS) is 10.4. The summed E-state index contributed by atoms with van der Waals surface area (Å²) in [7, 11) is 0. The van der Waals surface area contributed by atoms with Crippen LogP contribution in [-0.2, 0) is 11.2 Å². The molecular weight excluding hydrogens is 447 g/mol. The zero-order valence-corrected chi connectivity index (χ0v) is 17.1. The number of thiazole rings is 1. The smallest absolute Gasteiger partial charge is 0.317 e. The maximum Gasteiger partial charge on any atom is 0.317 e. The van der Waals surface area contributed by atoms with Gasteiger partial charge in [-0.3, -0.25) is 4.79 Å². The van der Waals surface area contributed by atoms with Crippen LogP contribution in [0.3, 0.4) is 0 Å². The molecule has 0 saturated heterocycles. The highest BCUT2D eigenvalue weighted by molar-refractivity contribution is 9.10. The summed E-state index contributed by atoms with van der Waals surface area (Å²) in [4.78, 5) is 16.8. The minimum Gasteiger partial charge on any atom is -0.490 e. The fourth-order valence-electron chi connectivity index (χ4n) is 2.43. The van der Waals surface area contributed by atoms with E-state index in [0.29, 0.717) is 38.7 Å². The number of nitriles is 1. The maximum atomic E-state index is 13.4. The summed E-state index contributed by atoms with van der Waals surface area (Å²) >= 11 is 4.63. The summed E-state index contributed by atoms with van der Waals surface area (Å²) in [5.41, 5.74) is 1.56. The number of ether oxygens (including phenoxy) is 2. The monoisotopic (exact) mass is 460 g/mol. The molecule has 0 fully saturated rings. The average molecular weight is 461 g/mol. The third-order valence-corrected chi connectivity index (χ3v) is 5.13. The van der Waals surface area contributed by atoms with Crippen molar-refractivity contribution in [3.05, 3.63) is 63.3 Å². The van der Waals surface area contributed by atoms with Crippen LogP contribution in [0.4, 0.5) is 4.39 Å². The Hall–Kier alpha value is -2.76. The van der Waals surface area contributed by atoms with Crippen molar-refractivity contribution in [3.63, 3.8) is 0 Å². The Morgan fingerprint density at radius 2 is 2.18 bits per heavy atom. The Morgan fingerprint density at radius 3 is 2.89 bits per heavy atom. The van der Waals surface area contributed by atoms with Crippen molar-refractivity contribution in [1.29, 1.82) is 5.26 Å². The Balaban J connectivity index is 1.76. The zero-order chi connectivity index (χ0) is 20.1. The molecule has 0 atom stereocenters. The molecule has 142 valence electrons. The van der Waals surface area contributed by atoms with Crippen LogP contribution < -0.4 is 9.47 Å². The quantitative estimate of drug-likeness (QED) is 0.376. The van der Waals surface area contributed by atoms with Gasteiger partial charge in [0, 0.05) is 17.0 Å². The van der Waals surface area contributed by atoms with E-state index in [0.717, 1.165) is 0 Å². The molecule has 0 saturated carbocycles. The first-order valence-corrected chi connectivity index (χ1v) is 9.95. The van der Waals surface area contributed by atoms with Crippen LogP contribution in [0.15, 0.2) is 46.3 Å². The van der Waals surface area contributed by atoms with E-state index in [2.05, 4.69) is 20.9 Å². The fourth-order valence-corrected chi connectivity index (χ4v) is 3.77. The Labute approximate surface area is 173 Å². The second-order valence-corrected chi connectivity index (χ2v) is 7.35. The van der Waals surface area contributed by atoms with E-state index >= 15 is 0 Å². The maximum absolute atomic E-state index is 13.4. The lowest BCUT2D eigenvalue weighted by atomic mass is 10.2. The molecule has 5 nitrogen and oxygen atoms in total. The highest BCUT2D eigenvalue weighted by Gasteiger charge is 2.18. The molecule has 0 aliphatic carbocycles. The lowest BCUT2D eigenvalue weighted by Crippen LogP contribution is -2.13. The summed E-state index contributed by atoms with van der Waals surface area (Å²) in [6, 6.07) is 11.2. The molecular formula is C20H14BrFN2O3S. The van der Waals surface area contributed by atoms with E-state index in [-0.39, 0.29) is 18.0 Å². The van der Waals surface area contributed by atoms with Gasteiger partial charge in [0.1, 0.15) is 10.8 Å². The SMILES string of the molecule is CCOc1cc(C#N)cc(Br)c1OC(=O)Cc1csc(-c2cccc(F)c2)n1. The minimum atomic E-state index is -0.526. The number of halogens is 2. The van der Waals surface area contributed by atoms with Gasteiger partial charge in [0.05, 0.1) is 34.8 Å². The number of hydrogen-bond acceptors (Lipinski definition) is 6. The second-order valence-electron chi connectivity index (χ2n) is 5.64. The van der Waals surface area contributed by atoms with Gasteiger partial charge in [-0.05, 0) is 41.1 Å². The predicted octanol–water partition coefficient (Wildman–Crippen LogP) is 5.13. The van der Waals surface area contributed by atoms with Gasteiger partial charge < -0.3 is 9.47 Å². The molecule has 0 aliphatic heterocycles. The van der Waals surface area contributed by atoms with Crippen molar-refractivity contribution in [1.82, 2.24) is 4.98 Å². The Morgan fingerprint density at radius 1 is 1.36 bits per heavy atom. The third kappa shape index (κ3) is 4.74. The Bertz CT molecular complexity index is 1060. The van der Waals surface area contributed by atoms with Crippen LogP contribution in [-0.4, -0.2) is 17.6 Å². The van der Waals surface area contributed by atoms with Crippen molar-refractivity contribution in [2.75, 3.05) is 6.61 Å². The largest absolute Gasteiger partial charge is 0.490 e. The zero-order valence-electron chi connectivity index (χ0n) is 14.7. The average Bonchev–Trinajstić information content (AvgIpc) is 3.13. The van der Waals surface area contributed by atoms with Gasteiger partial charge in [-0.1, -0.05) is 12.1 Å². The van der Waals surface area contributed by atoms with Crippen molar-refractivity contribution < 1.29 is 18.7 Å². The summed E-state index contributed by atoms with van der Waals surface area (Å²) in [6.45, 7) is 2.15. The first-order valence-electron chi connectivity index (χ1n) is 8.27. The van der Waals surface area contributed by atoms with Crippen LogP contribution in [0.2, 0.25) is 0 Å². The summed E-state index contributed by atoms with van der Waals surface area (Å²) in [6.07, 6.45) is -0.0518. The standard InChI is InChI=1S/C20H14BrFN2O3S/c1-2-26-17-7-12(10-23)6-16(21)19(17)27-18(25)9-15-11-28-20(24-15)13-4-3-5-14(22)8-13/h3-8,11H,2,9H2,1H3. The van der Waals surface area contributed by atoms with Crippen molar-refractivity contribution in [2.45, 2.75) is 13.3 Å². The van der Waals surface area contributed by atoms with E-state index < -0.39 is 5.97 Å². The van der Waals surface area contributed by atoms with Crippen LogP contribution in [0.5, 0.6) is 11.5 Å². The molecule has 0 N–H and O–H groups in total. The number of benzene rings is 2. The number of aromatic nitrogens is 1. The van der Waals surface area contributed by atoms with Crippen LogP contribution in [0.1, 0.15) is 18.2 Å². The molecule has 8 heteroatoms. The van der Waals surface area contributed by atoms with Crippen LogP contribution in [0, 0.1) is 17.1 Å². The number of carbonyl (C=O) groups is 1. The molecule has 0 spiro atoms. The summed E-state index contributed by atoms with van der Waals surface area (Å²) in [5, 5.41) is 11.4. The minimum absolute atomic E-state index is 0.0518.